The first-order chi connectivity index (χ1) is 12.7. The minimum absolute atomic E-state index is 0.0450. The molecule has 26 heavy (non-hydrogen) atoms. The third-order valence-electron chi connectivity index (χ3n) is 4.10. The van der Waals surface area contributed by atoms with Crippen molar-refractivity contribution in [3.8, 4) is 5.88 Å². The lowest BCUT2D eigenvalue weighted by Crippen LogP contribution is -2.28. The standard InChI is InChI=1S/C19H21N3O4/c1-25-9-10-26-17-8-7-15(12-20-17)21-19(24)14-11-18(23)22(13-14)16-5-3-2-4-6-16/h2-8,12,14H,9-11,13H2,1H3,(H,21,24). The molecule has 2 aromatic rings. The highest BCUT2D eigenvalue weighted by Crippen LogP contribution is 2.25. The Kier molecular flexibility index (Phi) is 5.80. The number of benzene rings is 1. The van der Waals surface area contributed by atoms with Gasteiger partial charge in [-0.1, -0.05) is 18.2 Å². The van der Waals surface area contributed by atoms with Crippen molar-refractivity contribution < 1.29 is 19.1 Å². The van der Waals surface area contributed by atoms with Gasteiger partial charge in [0, 0.05) is 31.8 Å². The number of para-hydroxylation sites is 1. The van der Waals surface area contributed by atoms with E-state index in [4.69, 9.17) is 9.47 Å². The fourth-order valence-corrected chi connectivity index (χ4v) is 2.75. The Labute approximate surface area is 151 Å². The van der Waals surface area contributed by atoms with E-state index < -0.39 is 0 Å². The van der Waals surface area contributed by atoms with Crippen LogP contribution in [0.25, 0.3) is 0 Å². The maximum absolute atomic E-state index is 12.5. The lowest BCUT2D eigenvalue weighted by Gasteiger charge is -2.16. The van der Waals surface area contributed by atoms with Crippen LogP contribution in [-0.2, 0) is 14.3 Å². The van der Waals surface area contributed by atoms with E-state index in [1.807, 2.05) is 30.3 Å². The molecule has 1 aromatic heterocycles. The Morgan fingerprint density at radius 3 is 2.73 bits per heavy atom. The van der Waals surface area contributed by atoms with Crippen LogP contribution in [0.15, 0.2) is 48.7 Å². The van der Waals surface area contributed by atoms with Crippen LogP contribution < -0.4 is 15.0 Å². The molecule has 136 valence electrons. The van der Waals surface area contributed by atoms with Crippen LogP contribution in [0.3, 0.4) is 0 Å². The van der Waals surface area contributed by atoms with Crippen LogP contribution in [0.4, 0.5) is 11.4 Å². The van der Waals surface area contributed by atoms with Crippen LogP contribution in [0, 0.1) is 5.92 Å². The summed E-state index contributed by atoms with van der Waals surface area (Å²) >= 11 is 0. The number of ether oxygens (including phenoxy) is 2. The summed E-state index contributed by atoms with van der Waals surface area (Å²) in [5, 5.41) is 2.81. The van der Waals surface area contributed by atoms with Gasteiger partial charge in [-0.05, 0) is 18.2 Å². The number of carbonyl (C=O) groups excluding carboxylic acids is 2. The molecular weight excluding hydrogens is 334 g/mol. The summed E-state index contributed by atoms with van der Waals surface area (Å²) in [6, 6.07) is 12.8. The van der Waals surface area contributed by atoms with Gasteiger partial charge in [0.15, 0.2) is 0 Å². The molecule has 2 heterocycles. The van der Waals surface area contributed by atoms with E-state index in [9.17, 15) is 9.59 Å². The minimum Gasteiger partial charge on any atom is -0.475 e. The second-order valence-electron chi connectivity index (χ2n) is 5.96. The Balaban J connectivity index is 1.56. The molecule has 1 N–H and O–H groups in total. The van der Waals surface area contributed by atoms with Crippen molar-refractivity contribution in [2.24, 2.45) is 5.92 Å². The number of anilines is 2. The Morgan fingerprint density at radius 2 is 2.04 bits per heavy atom. The number of nitrogens with one attached hydrogen (secondary N) is 1. The first kappa shape index (κ1) is 17.9. The van der Waals surface area contributed by atoms with Gasteiger partial charge in [-0.3, -0.25) is 9.59 Å². The van der Waals surface area contributed by atoms with E-state index >= 15 is 0 Å². The zero-order valence-corrected chi connectivity index (χ0v) is 14.6. The summed E-state index contributed by atoms with van der Waals surface area (Å²) in [4.78, 5) is 30.5. The van der Waals surface area contributed by atoms with Crippen molar-refractivity contribution in [3.05, 3.63) is 48.7 Å². The molecule has 1 unspecified atom stereocenters. The number of hydrogen-bond donors (Lipinski definition) is 1. The van der Waals surface area contributed by atoms with E-state index in [0.29, 0.717) is 31.3 Å². The maximum Gasteiger partial charge on any atom is 0.229 e. The third kappa shape index (κ3) is 4.37. The molecule has 0 spiro atoms. The molecule has 7 nitrogen and oxygen atoms in total. The largest absolute Gasteiger partial charge is 0.475 e. The fraction of sp³-hybridized carbons (Fsp3) is 0.316. The Hall–Kier alpha value is -2.93. The highest BCUT2D eigenvalue weighted by atomic mass is 16.5. The normalized spacial score (nSPS) is 16.6. The molecule has 0 saturated carbocycles. The molecule has 2 amide bonds. The number of aromatic nitrogens is 1. The van der Waals surface area contributed by atoms with Crippen molar-refractivity contribution in [2.75, 3.05) is 37.1 Å². The molecule has 1 aliphatic heterocycles. The van der Waals surface area contributed by atoms with Crippen molar-refractivity contribution in [1.29, 1.82) is 0 Å². The summed E-state index contributed by atoms with van der Waals surface area (Å²) < 4.78 is 10.3. The molecule has 1 fully saturated rings. The molecule has 1 aromatic carbocycles. The monoisotopic (exact) mass is 355 g/mol. The second-order valence-corrected chi connectivity index (χ2v) is 5.96. The SMILES string of the molecule is COCCOc1ccc(NC(=O)C2CC(=O)N(c3ccccc3)C2)cn1. The van der Waals surface area contributed by atoms with Crippen LogP contribution in [0.1, 0.15) is 6.42 Å². The number of hydrogen-bond acceptors (Lipinski definition) is 5. The quantitative estimate of drug-likeness (QED) is 0.769. The topological polar surface area (TPSA) is 80.8 Å². The summed E-state index contributed by atoms with van der Waals surface area (Å²) in [6.07, 6.45) is 1.73. The highest BCUT2D eigenvalue weighted by molar-refractivity contribution is 6.03. The fourth-order valence-electron chi connectivity index (χ4n) is 2.75. The number of pyridine rings is 1. The van der Waals surface area contributed by atoms with Gasteiger partial charge in [0.1, 0.15) is 6.61 Å². The summed E-state index contributed by atoms with van der Waals surface area (Å²) in [6.45, 7) is 1.27. The van der Waals surface area contributed by atoms with Crippen molar-refractivity contribution >= 4 is 23.2 Å². The van der Waals surface area contributed by atoms with Gasteiger partial charge in [0.2, 0.25) is 17.7 Å². The zero-order valence-electron chi connectivity index (χ0n) is 14.6. The summed E-state index contributed by atoms with van der Waals surface area (Å²) in [5.74, 6) is -0.158. The predicted molar refractivity (Wildman–Crippen MR) is 97.1 cm³/mol. The van der Waals surface area contributed by atoms with Gasteiger partial charge >= 0.3 is 0 Å². The molecule has 7 heteroatoms. The summed E-state index contributed by atoms with van der Waals surface area (Å²) in [7, 11) is 1.60. The molecule has 1 atom stereocenters. The number of amides is 2. The van der Waals surface area contributed by atoms with Crippen LogP contribution >= 0.6 is 0 Å². The molecule has 0 bridgehead atoms. The van der Waals surface area contributed by atoms with Gasteiger partial charge in [0.05, 0.1) is 24.4 Å². The number of carbonyl (C=O) groups is 2. The van der Waals surface area contributed by atoms with Crippen molar-refractivity contribution in [2.45, 2.75) is 6.42 Å². The van der Waals surface area contributed by atoms with Gasteiger partial charge in [0.25, 0.3) is 0 Å². The Bertz CT molecular complexity index is 749. The van der Waals surface area contributed by atoms with E-state index in [1.165, 1.54) is 6.20 Å². The minimum atomic E-state index is -0.389. The molecule has 0 radical (unpaired) electrons. The van der Waals surface area contributed by atoms with Gasteiger partial charge in [-0.2, -0.15) is 0 Å². The highest BCUT2D eigenvalue weighted by Gasteiger charge is 2.35. The zero-order chi connectivity index (χ0) is 18.4. The van der Waals surface area contributed by atoms with Gasteiger partial charge in [-0.25, -0.2) is 4.98 Å². The van der Waals surface area contributed by atoms with E-state index in [-0.39, 0.29) is 24.2 Å². The van der Waals surface area contributed by atoms with Gasteiger partial charge in [-0.15, -0.1) is 0 Å². The Morgan fingerprint density at radius 1 is 1.23 bits per heavy atom. The lowest BCUT2D eigenvalue weighted by molar-refractivity contribution is -0.122. The third-order valence-corrected chi connectivity index (χ3v) is 4.10. The molecule has 0 aliphatic carbocycles. The summed E-state index contributed by atoms with van der Waals surface area (Å²) in [5.41, 5.74) is 1.38. The van der Waals surface area contributed by atoms with E-state index in [2.05, 4.69) is 10.3 Å². The number of rotatable bonds is 7. The van der Waals surface area contributed by atoms with Crippen LogP contribution in [-0.4, -0.2) is 43.7 Å². The van der Waals surface area contributed by atoms with E-state index in [1.54, 1.807) is 24.1 Å². The number of methoxy groups -OCH3 is 1. The second kappa shape index (κ2) is 8.44. The first-order valence-corrected chi connectivity index (χ1v) is 8.41. The van der Waals surface area contributed by atoms with Crippen molar-refractivity contribution in [3.63, 3.8) is 0 Å². The molecule has 3 rings (SSSR count). The van der Waals surface area contributed by atoms with Crippen LogP contribution in [0.5, 0.6) is 5.88 Å². The van der Waals surface area contributed by atoms with Gasteiger partial charge < -0.3 is 19.7 Å². The molecule has 1 aliphatic rings. The first-order valence-electron chi connectivity index (χ1n) is 8.41. The number of nitrogens with zero attached hydrogens (tertiary/aromatic N) is 2. The maximum atomic E-state index is 12.5. The van der Waals surface area contributed by atoms with Crippen molar-refractivity contribution in [1.82, 2.24) is 4.98 Å². The smallest absolute Gasteiger partial charge is 0.229 e. The van der Waals surface area contributed by atoms with Crippen LogP contribution in [0.2, 0.25) is 0 Å². The lowest BCUT2D eigenvalue weighted by atomic mass is 10.1. The average molecular weight is 355 g/mol. The molecular formula is C19H21N3O4. The van der Waals surface area contributed by atoms with E-state index in [0.717, 1.165) is 5.69 Å². The molecule has 1 saturated heterocycles. The average Bonchev–Trinajstić information content (AvgIpc) is 3.06. The predicted octanol–water partition coefficient (Wildman–Crippen LogP) is 2.10.